The molecule has 0 saturated heterocycles. The third kappa shape index (κ3) is 3.27. The first kappa shape index (κ1) is 18.8. The normalized spacial score (nSPS) is 15.7. The predicted molar refractivity (Wildman–Crippen MR) is 119 cm³/mol. The number of furan rings is 1. The average Bonchev–Trinajstić information content (AvgIpc) is 3.32. The molecule has 7 heteroatoms. The number of hydrogen-bond acceptors (Lipinski definition) is 7. The minimum absolute atomic E-state index is 0.236. The van der Waals surface area contributed by atoms with E-state index in [0.717, 1.165) is 60.2 Å². The maximum Gasteiger partial charge on any atom is 0.152 e. The Kier molecular flexibility index (Phi) is 4.49. The topological polar surface area (TPSA) is 61.0 Å². The van der Waals surface area contributed by atoms with Crippen LogP contribution in [0.3, 0.4) is 0 Å². The van der Waals surface area contributed by atoms with Gasteiger partial charge in [-0.1, -0.05) is 12.2 Å². The minimum Gasteiger partial charge on any atom is -0.463 e. The van der Waals surface area contributed by atoms with Gasteiger partial charge in [0, 0.05) is 23.1 Å². The summed E-state index contributed by atoms with van der Waals surface area (Å²) >= 11 is 3.36. The summed E-state index contributed by atoms with van der Waals surface area (Å²) < 4.78 is 12.9. The van der Waals surface area contributed by atoms with Gasteiger partial charge in [0.1, 0.15) is 21.9 Å². The van der Waals surface area contributed by atoms with E-state index in [-0.39, 0.29) is 5.60 Å². The molecule has 0 atom stereocenters. The lowest BCUT2D eigenvalue weighted by atomic mass is 9.89. The van der Waals surface area contributed by atoms with Crippen molar-refractivity contribution in [1.82, 2.24) is 15.0 Å². The number of fused-ring (bicyclic) bond motifs is 5. The first-order valence-corrected chi connectivity index (χ1v) is 11.3. The number of thioether (sulfide) groups is 1. The monoisotopic (exact) mass is 423 g/mol. The Labute approximate surface area is 177 Å². The molecule has 0 amide bonds. The molecule has 0 fully saturated rings. The van der Waals surface area contributed by atoms with E-state index in [4.69, 9.17) is 14.1 Å². The summed E-state index contributed by atoms with van der Waals surface area (Å²) in [7, 11) is 0. The summed E-state index contributed by atoms with van der Waals surface area (Å²) in [6.07, 6.45) is 4.15. The first-order chi connectivity index (χ1) is 13.9. The van der Waals surface area contributed by atoms with E-state index >= 15 is 0 Å². The number of ether oxygens (including phenoxy) is 1. The summed E-state index contributed by atoms with van der Waals surface area (Å²) in [5, 5.41) is 2.12. The van der Waals surface area contributed by atoms with Crippen molar-refractivity contribution in [2.45, 2.75) is 44.4 Å². The summed E-state index contributed by atoms with van der Waals surface area (Å²) in [6.45, 7) is 10.8. The quantitative estimate of drug-likeness (QED) is 0.227. The Morgan fingerprint density at radius 2 is 2.17 bits per heavy atom. The van der Waals surface area contributed by atoms with Crippen molar-refractivity contribution < 1.29 is 9.15 Å². The van der Waals surface area contributed by atoms with Crippen molar-refractivity contribution >= 4 is 43.5 Å². The van der Waals surface area contributed by atoms with Gasteiger partial charge in [0.05, 0.1) is 28.7 Å². The maximum absolute atomic E-state index is 6.13. The van der Waals surface area contributed by atoms with E-state index in [1.165, 1.54) is 5.56 Å². The lowest BCUT2D eigenvalue weighted by Crippen LogP contribution is -2.32. The summed E-state index contributed by atoms with van der Waals surface area (Å²) in [5.74, 6) is 1.61. The van der Waals surface area contributed by atoms with Crippen LogP contribution in [0, 0.1) is 0 Å². The zero-order chi connectivity index (χ0) is 20.2. The molecule has 5 heterocycles. The van der Waals surface area contributed by atoms with Crippen molar-refractivity contribution in [2.75, 3.05) is 5.75 Å². The molecule has 5 nitrogen and oxygen atoms in total. The van der Waals surface area contributed by atoms with E-state index in [1.807, 2.05) is 19.1 Å². The standard InChI is InChI=1S/C22H21N3O2S2/c1-12(2)10-28-21-19-18(23-11-24-21)16-13-8-22(3,4)27-9-14(13)17(25-20(16)29-19)15-6-5-7-26-15/h5-7,11H,1,8-10H2,2-4H3. The highest BCUT2D eigenvalue weighted by Gasteiger charge is 2.32. The number of thiophene rings is 1. The molecular formula is C22H21N3O2S2. The molecule has 0 bridgehead atoms. The number of pyridine rings is 1. The molecule has 0 radical (unpaired) electrons. The van der Waals surface area contributed by atoms with E-state index in [1.54, 1.807) is 35.7 Å². The lowest BCUT2D eigenvalue weighted by molar-refractivity contribution is -0.0395. The number of hydrogen-bond donors (Lipinski definition) is 0. The fourth-order valence-corrected chi connectivity index (χ4v) is 5.77. The molecule has 0 aromatic carbocycles. The van der Waals surface area contributed by atoms with E-state index in [9.17, 15) is 0 Å². The van der Waals surface area contributed by atoms with Crippen molar-refractivity contribution in [2.24, 2.45) is 0 Å². The number of aromatic nitrogens is 3. The Bertz CT molecular complexity index is 1240. The number of rotatable bonds is 4. The highest BCUT2D eigenvalue weighted by atomic mass is 32.2. The highest BCUT2D eigenvalue weighted by Crippen LogP contribution is 2.44. The molecule has 1 aliphatic rings. The van der Waals surface area contributed by atoms with Crippen LogP contribution in [0.5, 0.6) is 0 Å². The smallest absolute Gasteiger partial charge is 0.152 e. The highest BCUT2D eigenvalue weighted by molar-refractivity contribution is 7.99. The van der Waals surface area contributed by atoms with Crippen molar-refractivity contribution in [3.05, 3.63) is 48.0 Å². The molecule has 1 aliphatic heterocycles. The molecule has 0 N–H and O–H groups in total. The van der Waals surface area contributed by atoms with Gasteiger partial charge < -0.3 is 9.15 Å². The van der Waals surface area contributed by atoms with Gasteiger partial charge in [-0.25, -0.2) is 15.0 Å². The van der Waals surface area contributed by atoms with E-state index < -0.39 is 0 Å². The van der Waals surface area contributed by atoms with Crippen molar-refractivity contribution in [3.8, 4) is 11.5 Å². The van der Waals surface area contributed by atoms with Crippen LogP contribution in [0.4, 0.5) is 0 Å². The molecule has 148 valence electrons. The average molecular weight is 424 g/mol. The van der Waals surface area contributed by atoms with Gasteiger partial charge >= 0.3 is 0 Å². The van der Waals surface area contributed by atoms with Crippen LogP contribution in [0.25, 0.3) is 31.9 Å². The van der Waals surface area contributed by atoms with Crippen LogP contribution < -0.4 is 0 Å². The summed E-state index contributed by atoms with van der Waals surface area (Å²) in [6, 6.07) is 3.85. The summed E-state index contributed by atoms with van der Waals surface area (Å²) in [5.41, 5.74) is 5.10. The summed E-state index contributed by atoms with van der Waals surface area (Å²) in [4.78, 5) is 15.2. The first-order valence-electron chi connectivity index (χ1n) is 9.47. The van der Waals surface area contributed by atoms with Gasteiger partial charge in [-0.2, -0.15) is 0 Å². The van der Waals surface area contributed by atoms with Crippen molar-refractivity contribution in [1.29, 1.82) is 0 Å². The molecule has 0 saturated carbocycles. The molecule has 0 unspecified atom stereocenters. The van der Waals surface area contributed by atoms with Crippen LogP contribution in [-0.2, 0) is 17.8 Å². The van der Waals surface area contributed by atoms with Crippen molar-refractivity contribution in [3.63, 3.8) is 0 Å². The molecule has 5 rings (SSSR count). The van der Waals surface area contributed by atoms with Gasteiger partial charge in [0.2, 0.25) is 0 Å². The van der Waals surface area contributed by atoms with Gasteiger partial charge in [0.15, 0.2) is 5.76 Å². The van der Waals surface area contributed by atoms with E-state index in [0.29, 0.717) is 6.61 Å². The van der Waals surface area contributed by atoms with Gasteiger partial charge in [-0.3, -0.25) is 0 Å². The van der Waals surface area contributed by atoms with Gasteiger partial charge in [-0.15, -0.1) is 23.1 Å². The van der Waals surface area contributed by atoms with Crippen LogP contribution in [0.15, 0.2) is 46.3 Å². The Balaban J connectivity index is 1.80. The van der Waals surface area contributed by atoms with Gasteiger partial charge in [-0.05, 0) is 38.5 Å². The van der Waals surface area contributed by atoms with Crippen LogP contribution in [0.2, 0.25) is 0 Å². The molecule has 4 aromatic rings. The second kappa shape index (κ2) is 6.93. The van der Waals surface area contributed by atoms with Crippen LogP contribution in [-0.4, -0.2) is 26.3 Å². The van der Waals surface area contributed by atoms with Crippen LogP contribution in [0.1, 0.15) is 31.9 Å². The Hall–Kier alpha value is -2.22. The Morgan fingerprint density at radius 1 is 1.31 bits per heavy atom. The molecule has 29 heavy (non-hydrogen) atoms. The zero-order valence-electron chi connectivity index (χ0n) is 16.6. The molecule has 0 spiro atoms. The third-order valence-corrected chi connectivity index (χ3v) is 7.43. The number of nitrogens with zero attached hydrogens (tertiary/aromatic N) is 3. The fraction of sp³-hybridized carbons (Fsp3) is 0.318. The van der Waals surface area contributed by atoms with Crippen LogP contribution >= 0.6 is 23.1 Å². The predicted octanol–water partition coefficient (Wildman–Crippen LogP) is 6.02. The second-order valence-corrected chi connectivity index (χ2v) is 9.97. The second-order valence-electron chi connectivity index (χ2n) is 8.00. The minimum atomic E-state index is -0.236. The van der Waals surface area contributed by atoms with Gasteiger partial charge in [0.25, 0.3) is 0 Å². The Morgan fingerprint density at radius 3 is 2.93 bits per heavy atom. The molecule has 4 aromatic heterocycles. The fourth-order valence-electron chi connectivity index (χ4n) is 3.70. The maximum atomic E-state index is 6.13. The largest absolute Gasteiger partial charge is 0.463 e. The molecular weight excluding hydrogens is 402 g/mol. The van der Waals surface area contributed by atoms with E-state index in [2.05, 4.69) is 30.4 Å². The SMILES string of the molecule is C=C(C)CSc1ncnc2c1sc1nc(-c3ccco3)c3c(c12)CC(C)(C)OC3. The lowest BCUT2D eigenvalue weighted by Gasteiger charge is -2.32. The zero-order valence-corrected chi connectivity index (χ0v) is 18.2. The third-order valence-electron chi connectivity index (χ3n) is 5.01. The molecule has 0 aliphatic carbocycles.